The van der Waals surface area contributed by atoms with Gasteiger partial charge in [0.15, 0.2) is 0 Å². The van der Waals surface area contributed by atoms with Gasteiger partial charge in [-0.25, -0.2) is 4.79 Å². The Bertz CT molecular complexity index is 776. The van der Waals surface area contributed by atoms with Crippen LogP contribution < -0.4 is 21.7 Å². The van der Waals surface area contributed by atoms with Crippen molar-refractivity contribution in [3.63, 3.8) is 0 Å². The van der Waals surface area contributed by atoms with Crippen LogP contribution in [-0.4, -0.2) is 91.9 Å². The van der Waals surface area contributed by atoms with E-state index >= 15 is 0 Å². The highest BCUT2D eigenvalue weighted by atomic mass is 32.1. The predicted octanol–water partition coefficient (Wildman–Crippen LogP) is -3.01. The van der Waals surface area contributed by atoms with Crippen molar-refractivity contribution >= 4 is 54.2 Å². The number of aliphatic carboxylic acids is 4. The SMILES string of the molecule is NC(CCC(=O)O)C(=O)NC(CCC(=O)O)C(=O)NC(CS)C(=O)NC(CC(=O)O)C(=O)O. The Morgan fingerprint density at radius 1 is 0.667 bits per heavy atom. The van der Waals surface area contributed by atoms with Gasteiger partial charge in [0, 0.05) is 18.6 Å². The number of hydrogen-bond donors (Lipinski definition) is 9. The zero-order chi connectivity index (χ0) is 25.7. The zero-order valence-electron chi connectivity index (χ0n) is 17.2. The number of nitrogens with two attached hydrogens (primary N) is 1. The van der Waals surface area contributed by atoms with Crippen molar-refractivity contribution in [2.45, 2.75) is 56.3 Å². The van der Waals surface area contributed by atoms with Crippen molar-refractivity contribution in [3.05, 3.63) is 0 Å². The van der Waals surface area contributed by atoms with E-state index in [0.717, 1.165) is 0 Å². The van der Waals surface area contributed by atoms with Gasteiger partial charge in [-0.15, -0.1) is 0 Å². The van der Waals surface area contributed by atoms with Gasteiger partial charge in [-0.05, 0) is 12.8 Å². The first-order chi connectivity index (χ1) is 15.3. The Labute approximate surface area is 192 Å². The monoisotopic (exact) mass is 494 g/mol. The minimum Gasteiger partial charge on any atom is -0.481 e. The molecule has 0 saturated heterocycles. The van der Waals surface area contributed by atoms with E-state index in [1.54, 1.807) is 0 Å². The lowest BCUT2D eigenvalue weighted by molar-refractivity contribution is -0.147. The van der Waals surface area contributed by atoms with E-state index in [1.165, 1.54) is 0 Å². The number of thiol groups is 1. The van der Waals surface area contributed by atoms with Crippen molar-refractivity contribution < 1.29 is 54.0 Å². The maximum atomic E-state index is 12.6. The number of carbonyl (C=O) groups is 7. The minimum absolute atomic E-state index is 0.254. The number of carbonyl (C=O) groups excluding carboxylic acids is 3. The molecule has 33 heavy (non-hydrogen) atoms. The van der Waals surface area contributed by atoms with Gasteiger partial charge < -0.3 is 42.1 Å². The van der Waals surface area contributed by atoms with Crippen molar-refractivity contribution in [3.8, 4) is 0 Å². The third-order valence-electron chi connectivity index (χ3n) is 4.09. The quantitative estimate of drug-likeness (QED) is 0.0971. The topological polar surface area (TPSA) is 263 Å². The van der Waals surface area contributed by atoms with Crippen LogP contribution in [0.4, 0.5) is 0 Å². The summed E-state index contributed by atoms with van der Waals surface area (Å²) in [5.74, 6) is -9.00. The van der Waals surface area contributed by atoms with Crippen LogP contribution in [0.3, 0.4) is 0 Å². The van der Waals surface area contributed by atoms with E-state index < -0.39 is 91.4 Å². The summed E-state index contributed by atoms with van der Waals surface area (Å²) in [6.45, 7) is 0. The van der Waals surface area contributed by atoms with Crippen molar-refractivity contribution in [1.29, 1.82) is 0 Å². The number of hydrogen-bond acceptors (Lipinski definition) is 9. The van der Waals surface area contributed by atoms with Crippen LogP contribution in [0.1, 0.15) is 32.1 Å². The van der Waals surface area contributed by atoms with Gasteiger partial charge in [0.1, 0.15) is 18.1 Å². The molecule has 3 amide bonds. The first kappa shape index (κ1) is 29.6. The first-order valence-electron chi connectivity index (χ1n) is 9.44. The molecular formula is C17H26N4O11S. The molecule has 186 valence electrons. The second-order valence-electron chi connectivity index (χ2n) is 6.77. The molecule has 0 bridgehead atoms. The molecule has 0 aliphatic carbocycles. The van der Waals surface area contributed by atoms with Gasteiger partial charge in [0.25, 0.3) is 0 Å². The molecular weight excluding hydrogens is 468 g/mol. The lowest BCUT2D eigenvalue weighted by atomic mass is 10.1. The minimum atomic E-state index is -1.79. The fourth-order valence-electron chi connectivity index (χ4n) is 2.34. The normalized spacial score (nSPS) is 14.1. The molecule has 0 saturated carbocycles. The third kappa shape index (κ3) is 12.3. The fraction of sp³-hybridized carbons (Fsp3) is 0.588. The molecule has 0 heterocycles. The van der Waals surface area contributed by atoms with E-state index in [0.29, 0.717) is 0 Å². The summed E-state index contributed by atoms with van der Waals surface area (Å²) >= 11 is 3.88. The highest BCUT2D eigenvalue weighted by molar-refractivity contribution is 7.80. The Hall–Kier alpha value is -3.40. The van der Waals surface area contributed by atoms with Gasteiger partial charge in [0.2, 0.25) is 17.7 Å². The Balaban J connectivity index is 5.31. The van der Waals surface area contributed by atoms with Crippen molar-refractivity contribution in [1.82, 2.24) is 16.0 Å². The van der Waals surface area contributed by atoms with Crippen LogP contribution in [0, 0.1) is 0 Å². The second-order valence-corrected chi connectivity index (χ2v) is 7.14. The van der Waals surface area contributed by atoms with Crippen LogP contribution in [0.2, 0.25) is 0 Å². The molecule has 0 spiro atoms. The maximum absolute atomic E-state index is 12.6. The molecule has 0 radical (unpaired) electrons. The molecule has 0 aromatic rings. The van der Waals surface area contributed by atoms with Gasteiger partial charge >= 0.3 is 23.9 Å². The first-order valence-corrected chi connectivity index (χ1v) is 10.1. The summed E-state index contributed by atoms with van der Waals surface area (Å²) in [6.07, 6.45) is -2.57. The molecule has 0 aliphatic rings. The van der Waals surface area contributed by atoms with Gasteiger partial charge in [-0.2, -0.15) is 12.6 Å². The van der Waals surface area contributed by atoms with E-state index in [9.17, 15) is 33.6 Å². The molecule has 15 nitrogen and oxygen atoms in total. The lowest BCUT2D eigenvalue weighted by Crippen LogP contribution is -2.57. The molecule has 0 aromatic carbocycles. The number of carboxylic acid groups (broad SMARTS) is 4. The van der Waals surface area contributed by atoms with Gasteiger partial charge in [0.05, 0.1) is 12.5 Å². The number of amides is 3. The highest BCUT2D eigenvalue weighted by Crippen LogP contribution is 2.03. The summed E-state index contributed by atoms with van der Waals surface area (Å²) in [4.78, 5) is 80.3. The van der Waals surface area contributed by atoms with E-state index in [4.69, 9.17) is 26.2 Å². The zero-order valence-corrected chi connectivity index (χ0v) is 18.1. The molecule has 0 fully saturated rings. The molecule has 16 heteroatoms. The van der Waals surface area contributed by atoms with Gasteiger partial charge in [-0.3, -0.25) is 28.8 Å². The number of carboxylic acids is 4. The Kier molecular flexibility index (Phi) is 13.1. The Morgan fingerprint density at radius 2 is 1.12 bits per heavy atom. The third-order valence-corrected chi connectivity index (χ3v) is 4.46. The summed E-state index contributed by atoms with van der Waals surface area (Å²) in [5.41, 5.74) is 5.57. The summed E-state index contributed by atoms with van der Waals surface area (Å²) in [5, 5.41) is 41.6. The summed E-state index contributed by atoms with van der Waals surface area (Å²) < 4.78 is 0. The molecule has 4 atom stereocenters. The van der Waals surface area contributed by atoms with Crippen LogP contribution >= 0.6 is 12.6 Å². The average Bonchev–Trinajstić information content (AvgIpc) is 2.71. The fourth-order valence-corrected chi connectivity index (χ4v) is 2.60. The van der Waals surface area contributed by atoms with Crippen molar-refractivity contribution in [2.24, 2.45) is 5.73 Å². The van der Waals surface area contributed by atoms with Crippen molar-refractivity contribution in [2.75, 3.05) is 5.75 Å². The van der Waals surface area contributed by atoms with Crippen LogP contribution in [0.25, 0.3) is 0 Å². The predicted molar refractivity (Wildman–Crippen MR) is 111 cm³/mol. The van der Waals surface area contributed by atoms with Crippen LogP contribution in [0.15, 0.2) is 0 Å². The maximum Gasteiger partial charge on any atom is 0.326 e. The number of rotatable bonds is 16. The molecule has 0 aliphatic heterocycles. The molecule has 4 unspecified atom stereocenters. The standard InChI is InChI=1S/C17H26N4O11S/c18-7(1-3-11(22)23)14(28)19-8(2-4-12(24)25)15(29)21-10(6-33)16(30)20-9(17(31)32)5-13(26)27/h7-10,33H,1-6,18H2,(H,19,28)(H,20,30)(H,21,29)(H,22,23)(H,24,25)(H,26,27)(H,31,32). The largest absolute Gasteiger partial charge is 0.481 e. The second kappa shape index (κ2) is 14.6. The number of nitrogens with one attached hydrogen (secondary N) is 3. The lowest BCUT2D eigenvalue weighted by Gasteiger charge is -2.24. The summed E-state index contributed by atoms with van der Waals surface area (Å²) in [7, 11) is 0. The van der Waals surface area contributed by atoms with E-state index in [1.807, 2.05) is 5.32 Å². The van der Waals surface area contributed by atoms with E-state index in [2.05, 4.69) is 23.3 Å². The average molecular weight is 494 g/mol. The summed E-state index contributed by atoms with van der Waals surface area (Å²) in [6, 6.07) is -6.03. The smallest absolute Gasteiger partial charge is 0.326 e. The molecule has 0 aromatic heterocycles. The van der Waals surface area contributed by atoms with Gasteiger partial charge in [-0.1, -0.05) is 0 Å². The highest BCUT2D eigenvalue weighted by Gasteiger charge is 2.30. The van der Waals surface area contributed by atoms with Crippen LogP contribution in [0.5, 0.6) is 0 Å². The Morgan fingerprint density at radius 3 is 1.58 bits per heavy atom. The molecule has 9 N–H and O–H groups in total. The van der Waals surface area contributed by atoms with E-state index in [-0.39, 0.29) is 12.2 Å². The van der Waals surface area contributed by atoms with Crippen LogP contribution in [-0.2, 0) is 33.6 Å². The molecule has 0 rings (SSSR count).